The summed E-state index contributed by atoms with van der Waals surface area (Å²) in [5.41, 5.74) is 7.12. The largest absolute Gasteiger partial charge is 0.399 e. The third-order valence-corrected chi connectivity index (χ3v) is 5.07. The monoisotopic (exact) mass is 351 g/mol. The SMILES string of the molecule is Nc1cc(Br)cc(C(=O)N2CCN(C3CCCC3)CC2)c1. The molecule has 1 saturated heterocycles. The fraction of sp³-hybridized carbons (Fsp3) is 0.562. The summed E-state index contributed by atoms with van der Waals surface area (Å²) in [5, 5.41) is 0. The van der Waals surface area contributed by atoms with Crippen molar-refractivity contribution in [2.24, 2.45) is 0 Å². The first kappa shape index (κ1) is 14.9. The molecule has 1 aliphatic heterocycles. The number of benzene rings is 1. The van der Waals surface area contributed by atoms with Crippen LogP contribution in [0, 0.1) is 0 Å². The predicted molar refractivity (Wildman–Crippen MR) is 88.3 cm³/mol. The van der Waals surface area contributed by atoms with Gasteiger partial charge in [0.15, 0.2) is 0 Å². The van der Waals surface area contributed by atoms with Crippen molar-refractivity contribution in [1.29, 1.82) is 0 Å². The van der Waals surface area contributed by atoms with Gasteiger partial charge in [0.1, 0.15) is 0 Å². The smallest absolute Gasteiger partial charge is 0.254 e. The molecule has 1 heterocycles. The average molecular weight is 352 g/mol. The summed E-state index contributed by atoms with van der Waals surface area (Å²) in [7, 11) is 0. The molecule has 1 aromatic rings. The Labute approximate surface area is 134 Å². The molecule has 4 nitrogen and oxygen atoms in total. The molecule has 0 aromatic heterocycles. The van der Waals surface area contributed by atoms with Crippen LogP contribution in [-0.2, 0) is 0 Å². The highest BCUT2D eigenvalue weighted by Crippen LogP contribution is 2.25. The zero-order chi connectivity index (χ0) is 14.8. The van der Waals surface area contributed by atoms with E-state index in [1.807, 2.05) is 17.0 Å². The van der Waals surface area contributed by atoms with Crippen LogP contribution in [0.1, 0.15) is 36.0 Å². The number of piperazine rings is 1. The molecule has 5 heteroatoms. The number of carbonyl (C=O) groups excluding carboxylic acids is 1. The molecule has 2 fully saturated rings. The fourth-order valence-electron chi connectivity index (χ4n) is 3.48. The van der Waals surface area contributed by atoms with Gasteiger partial charge >= 0.3 is 0 Å². The maximum atomic E-state index is 12.6. The van der Waals surface area contributed by atoms with Crippen molar-refractivity contribution in [2.45, 2.75) is 31.7 Å². The van der Waals surface area contributed by atoms with E-state index >= 15 is 0 Å². The van der Waals surface area contributed by atoms with Crippen molar-refractivity contribution in [3.8, 4) is 0 Å². The Morgan fingerprint density at radius 3 is 2.38 bits per heavy atom. The highest BCUT2D eigenvalue weighted by Gasteiger charge is 2.28. The third-order valence-electron chi connectivity index (χ3n) is 4.61. The Morgan fingerprint density at radius 1 is 1.10 bits per heavy atom. The Kier molecular flexibility index (Phi) is 4.50. The Bertz CT molecular complexity index is 500. The van der Waals surface area contributed by atoms with Crippen LogP contribution in [0.4, 0.5) is 5.69 Å². The van der Waals surface area contributed by atoms with Crippen LogP contribution in [0.3, 0.4) is 0 Å². The lowest BCUT2D eigenvalue weighted by Crippen LogP contribution is -2.51. The summed E-state index contributed by atoms with van der Waals surface area (Å²) >= 11 is 3.40. The van der Waals surface area contributed by atoms with Crippen molar-refractivity contribution in [1.82, 2.24) is 9.80 Å². The lowest BCUT2D eigenvalue weighted by atomic mass is 10.1. The summed E-state index contributed by atoms with van der Waals surface area (Å²) in [6.45, 7) is 3.64. The Hall–Kier alpha value is -1.07. The highest BCUT2D eigenvalue weighted by atomic mass is 79.9. The van der Waals surface area contributed by atoms with Gasteiger partial charge in [-0.15, -0.1) is 0 Å². The van der Waals surface area contributed by atoms with E-state index in [1.165, 1.54) is 25.7 Å². The number of halogens is 1. The molecule has 0 unspecified atom stereocenters. The molecule has 3 rings (SSSR count). The highest BCUT2D eigenvalue weighted by molar-refractivity contribution is 9.10. The molecule has 0 atom stereocenters. The second-order valence-corrected chi connectivity index (χ2v) is 6.96. The zero-order valence-electron chi connectivity index (χ0n) is 12.2. The van der Waals surface area contributed by atoms with Gasteiger partial charge in [-0.3, -0.25) is 9.69 Å². The number of carbonyl (C=O) groups is 1. The summed E-state index contributed by atoms with van der Waals surface area (Å²) in [6, 6.07) is 6.18. The van der Waals surface area contributed by atoms with E-state index in [0.29, 0.717) is 11.3 Å². The number of nitrogens with two attached hydrogens (primary N) is 1. The molecule has 2 aliphatic rings. The molecule has 21 heavy (non-hydrogen) atoms. The van der Waals surface area contributed by atoms with Crippen LogP contribution in [0.5, 0.6) is 0 Å². The zero-order valence-corrected chi connectivity index (χ0v) is 13.8. The minimum atomic E-state index is 0.0917. The number of rotatable bonds is 2. The first-order valence-electron chi connectivity index (χ1n) is 7.73. The van der Waals surface area contributed by atoms with Gasteiger partial charge in [-0.25, -0.2) is 0 Å². The minimum absolute atomic E-state index is 0.0917. The van der Waals surface area contributed by atoms with E-state index in [1.54, 1.807) is 6.07 Å². The molecule has 2 N–H and O–H groups in total. The first-order chi connectivity index (χ1) is 10.1. The van der Waals surface area contributed by atoms with Crippen molar-refractivity contribution < 1.29 is 4.79 Å². The number of anilines is 1. The van der Waals surface area contributed by atoms with E-state index < -0.39 is 0 Å². The van der Waals surface area contributed by atoms with E-state index in [2.05, 4.69) is 20.8 Å². The van der Waals surface area contributed by atoms with Gasteiger partial charge in [0.25, 0.3) is 5.91 Å². The van der Waals surface area contributed by atoms with Crippen LogP contribution >= 0.6 is 15.9 Å². The number of hydrogen-bond acceptors (Lipinski definition) is 3. The molecule has 0 radical (unpaired) electrons. The summed E-state index contributed by atoms with van der Waals surface area (Å²) in [5.74, 6) is 0.0917. The van der Waals surface area contributed by atoms with Crippen molar-refractivity contribution in [2.75, 3.05) is 31.9 Å². The van der Waals surface area contributed by atoms with Gasteiger partial charge in [0.05, 0.1) is 0 Å². The number of amides is 1. The summed E-state index contributed by atoms with van der Waals surface area (Å²) in [6.07, 6.45) is 5.38. The lowest BCUT2D eigenvalue weighted by Gasteiger charge is -2.38. The van der Waals surface area contributed by atoms with Gasteiger partial charge in [-0.1, -0.05) is 28.8 Å². The molecule has 0 bridgehead atoms. The van der Waals surface area contributed by atoms with Gasteiger partial charge in [-0.2, -0.15) is 0 Å². The van der Waals surface area contributed by atoms with E-state index in [-0.39, 0.29) is 5.91 Å². The molecule has 1 saturated carbocycles. The van der Waals surface area contributed by atoms with Crippen LogP contribution in [-0.4, -0.2) is 47.9 Å². The van der Waals surface area contributed by atoms with Gasteiger partial charge < -0.3 is 10.6 Å². The summed E-state index contributed by atoms with van der Waals surface area (Å²) in [4.78, 5) is 17.1. The van der Waals surface area contributed by atoms with Crippen LogP contribution in [0.15, 0.2) is 22.7 Å². The fourth-order valence-corrected chi connectivity index (χ4v) is 3.99. The van der Waals surface area contributed by atoms with Crippen LogP contribution in [0.2, 0.25) is 0 Å². The quantitative estimate of drug-likeness (QED) is 0.833. The van der Waals surface area contributed by atoms with Gasteiger partial charge in [0.2, 0.25) is 0 Å². The number of hydrogen-bond donors (Lipinski definition) is 1. The standard InChI is InChI=1S/C16H22BrN3O/c17-13-9-12(10-14(18)11-13)16(21)20-7-5-19(6-8-20)15-3-1-2-4-15/h9-11,15H,1-8,18H2. The lowest BCUT2D eigenvalue weighted by molar-refractivity contribution is 0.0573. The van der Waals surface area contributed by atoms with E-state index in [9.17, 15) is 4.79 Å². The molecule has 1 amide bonds. The molecular weight excluding hydrogens is 330 g/mol. The van der Waals surface area contributed by atoms with Gasteiger partial charge in [-0.05, 0) is 31.0 Å². The number of nitrogens with zero attached hydrogens (tertiary/aromatic N) is 2. The van der Waals surface area contributed by atoms with Crippen molar-refractivity contribution in [3.63, 3.8) is 0 Å². The molecular formula is C16H22BrN3O. The maximum absolute atomic E-state index is 12.6. The first-order valence-corrected chi connectivity index (χ1v) is 8.52. The Balaban J connectivity index is 1.62. The van der Waals surface area contributed by atoms with E-state index in [4.69, 9.17) is 5.73 Å². The second kappa shape index (κ2) is 6.36. The topological polar surface area (TPSA) is 49.6 Å². The molecule has 0 spiro atoms. The van der Waals surface area contributed by atoms with Gasteiger partial charge in [0, 0.05) is 47.9 Å². The molecule has 1 aromatic carbocycles. The minimum Gasteiger partial charge on any atom is -0.399 e. The van der Waals surface area contributed by atoms with E-state index in [0.717, 1.165) is 36.7 Å². The third kappa shape index (κ3) is 3.40. The molecule has 1 aliphatic carbocycles. The van der Waals surface area contributed by atoms with Crippen molar-refractivity contribution in [3.05, 3.63) is 28.2 Å². The van der Waals surface area contributed by atoms with Crippen LogP contribution in [0.25, 0.3) is 0 Å². The summed E-state index contributed by atoms with van der Waals surface area (Å²) < 4.78 is 0.857. The maximum Gasteiger partial charge on any atom is 0.254 e. The van der Waals surface area contributed by atoms with Crippen molar-refractivity contribution >= 4 is 27.5 Å². The average Bonchev–Trinajstić information content (AvgIpc) is 3.00. The second-order valence-electron chi connectivity index (χ2n) is 6.04. The molecule has 114 valence electrons. The normalized spacial score (nSPS) is 20.9. The Morgan fingerprint density at radius 2 is 1.76 bits per heavy atom. The van der Waals surface area contributed by atoms with Crippen LogP contribution < -0.4 is 5.73 Å². The number of nitrogen functional groups attached to an aromatic ring is 1. The predicted octanol–water partition coefficient (Wildman–Crippen LogP) is 2.73.